The number of para-hydroxylation sites is 1. The van der Waals surface area contributed by atoms with E-state index in [2.05, 4.69) is 18.0 Å². The van der Waals surface area contributed by atoms with Gasteiger partial charge < -0.3 is 9.64 Å². The first-order valence-electron chi connectivity index (χ1n) is 7.37. The van der Waals surface area contributed by atoms with E-state index in [0.717, 1.165) is 30.2 Å². The first-order valence-corrected chi connectivity index (χ1v) is 7.37. The van der Waals surface area contributed by atoms with Crippen molar-refractivity contribution in [3.8, 4) is 11.5 Å². The van der Waals surface area contributed by atoms with E-state index < -0.39 is 0 Å². The lowest BCUT2D eigenvalue weighted by molar-refractivity contribution is -0.384. The van der Waals surface area contributed by atoms with Crippen LogP contribution in [0.5, 0.6) is 11.5 Å². The Morgan fingerprint density at radius 1 is 1.09 bits per heavy atom. The Morgan fingerprint density at radius 3 is 2.55 bits per heavy atom. The minimum absolute atomic E-state index is 0.126. The number of ether oxygens (including phenoxy) is 1. The highest BCUT2D eigenvalue weighted by atomic mass is 16.6. The number of likely N-dealkylation sites (tertiary alicyclic amines) is 1. The largest absolute Gasteiger partial charge is 0.457 e. The molecular weight excluding hydrogens is 280 g/mol. The molecule has 4 rings (SSSR count). The van der Waals surface area contributed by atoms with Crippen LogP contribution in [0.4, 0.5) is 5.69 Å². The van der Waals surface area contributed by atoms with E-state index in [9.17, 15) is 10.1 Å². The molecule has 2 atom stereocenters. The zero-order valence-corrected chi connectivity index (χ0v) is 12.2. The molecule has 1 fully saturated rings. The van der Waals surface area contributed by atoms with Gasteiger partial charge in [-0.1, -0.05) is 18.2 Å². The zero-order chi connectivity index (χ0) is 15.3. The second-order valence-electron chi connectivity index (χ2n) is 6.05. The number of nitro groups is 1. The molecule has 0 N–H and O–H groups in total. The monoisotopic (exact) mass is 296 g/mol. The fourth-order valence-electron chi connectivity index (χ4n) is 3.66. The topological polar surface area (TPSA) is 55.6 Å². The van der Waals surface area contributed by atoms with Crippen LogP contribution in [0.1, 0.15) is 23.0 Å². The van der Waals surface area contributed by atoms with Gasteiger partial charge in [-0.3, -0.25) is 10.1 Å². The molecule has 1 saturated heterocycles. The minimum Gasteiger partial charge on any atom is -0.457 e. The quantitative estimate of drug-likeness (QED) is 0.597. The van der Waals surface area contributed by atoms with Gasteiger partial charge in [0.2, 0.25) is 0 Å². The molecule has 112 valence electrons. The summed E-state index contributed by atoms with van der Waals surface area (Å²) in [5.74, 6) is 2.13. The SMILES string of the molecule is CN1CC2c3ccccc3Oc3ccc([N+](=O)[O-])cc3C2C1. The van der Waals surface area contributed by atoms with Crippen LogP contribution in [0.3, 0.4) is 0 Å². The van der Waals surface area contributed by atoms with E-state index in [1.165, 1.54) is 11.6 Å². The van der Waals surface area contributed by atoms with Crippen molar-refractivity contribution >= 4 is 5.69 Å². The average molecular weight is 296 g/mol. The van der Waals surface area contributed by atoms with E-state index >= 15 is 0 Å². The Bertz CT molecular complexity index is 759. The number of nitro benzene ring substituents is 1. The summed E-state index contributed by atoms with van der Waals surface area (Å²) in [5.41, 5.74) is 2.26. The maximum atomic E-state index is 11.1. The molecule has 0 spiro atoms. The number of non-ortho nitro benzene ring substituents is 1. The van der Waals surface area contributed by atoms with Gasteiger partial charge in [-0.25, -0.2) is 0 Å². The molecule has 0 saturated carbocycles. The van der Waals surface area contributed by atoms with Crippen molar-refractivity contribution in [2.45, 2.75) is 11.8 Å². The van der Waals surface area contributed by atoms with Crippen LogP contribution < -0.4 is 4.74 Å². The molecule has 5 heteroatoms. The number of likely N-dealkylation sites (N-methyl/N-ethyl adjacent to an activating group) is 1. The highest BCUT2D eigenvalue weighted by Gasteiger charge is 2.39. The maximum Gasteiger partial charge on any atom is 0.269 e. The summed E-state index contributed by atoms with van der Waals surface area (Å²) in [7, 11) is 2.09. The van der Waals surface area contributed by atoms with Gasteiger partial charge >= 0.3 is 0 Å². The first-order chi connectivity index (χ1) is 10.6. The van der Waals surface area contributed by atoms with Gasteiger partial charge in [-0.2, -0.15) is 0 Å². The van der Waals surface area contributed by atoms with Crippen molar-refractivity contribution in [1.29, 1.82) is 0 Å². The molecule has 5 nitrogen and oxygen atoms in total. The maximum absolute atomic E-state index is 11.1. The second kappa shape index (κ2) is 4.81. The van der Waals surface area contributed by atoms with E-state index in [0.29, 0.717) is 5.92 Å². The number of hydrogen-bond donors (Lipinski definition) is 0. The number of benzene rings is 2. The highest BCUT2D eigenvalue weighted by Crippen LogP contribution is 2.49. The number of fused-ring (bicyclic) bond motifs is 5. The van der Waals surface area contributed by atoms with E-state index in [4.69, 9.17) is 4.74 Å². The molecule has 0 radical (unpaired) electrons. The van der Waals surface area contributed by atoms with Gasteiger partial charge in [-0.05, 0) is 24.7 Å². The average Bonchev–Trinajstić information content (AvgIpc) is 2.84. The smallest absolute Gasteiger partial charge is 0.269 e. The third kappa shape index (κ3) is 1.97. The van der Waals surface area contributed by atoms with Crippen molar-refractivity contribution < 1.29 is 9.66 Å². The van der Waals surface area contributed by atoms with Gasteiger partial charge in [0, 0.05) is 42.6 Å². The summed E-state index contributed by atoms with van der Waals surface area (Å²) in [6, 6.07) is 13.0. The predicted octanol–water partition coefficient (Wildman–Crippen LogP) is 3.51. The Balaban J connectivity index is 1.91. The number of nitrogens with zero attached hydrogens (tertiary/aromatic N) is 2. The van der Waals surface area contributed by atoms with Gasteiger partial charge in [0.25, 0.3) is 5.69 Å². The van der Waals surface area contributed by atoms with Crippen molar-refractivity contribution in [3.63, 3.8) is 0 Å². The van der Waals surface area contributed by atoms with E-state index in [-0.39, 0.29) is 16.5 Å². The van der Waals surface area contributed by atoms with Gasteiger partial charge in [-0.15, -0.1) is 0 Å². The minimum atomic E-state index is -0.341. The van der Waals surface area contributed by atoms with Crippen LogP contribution in [0.2, 0.25) is 0 Å². The molecule has 2 heterocycles. The molecule has 2 aromatic rings. The highest BCUT2D eigenvalue weighted by molar-refractivity contribution is 5.54. The van der Waals surface area contributed by atoms with Crippen LogP contribution in [0.25, 0.3) is 0 Å². The van der Waals surface area contributed by atoms with Crippen LogP contribution in [0.15, 0.2) is 42.5 Å². The summed E-state index contributed by atoms with van der Waals surface area (Å²) in [6.07, 6.45) is 0. The van der Waals surface area contributed by atoms with E-state index in [1.807, 2.05) is 18.2 Å². The predicted molar refractivity (Wildman–Crippen MR) is 82.6 cm³/mol. The van der Waals surface area contributed by atoms with Crippen molar-refractivity contribution in [2.75, 3.05) is 20.1 Å². The molecule has 0 aromatic heterocycles. The molecule has 22 heavy (non-hydrogen) atoms. The lowest BCUT2D eigenvalue weighted by Crippen LogP contribution is -2.14. The fourth-order valence-corrected chi connectivity index (χ4v) is 3.66. The molecule has 0 amide bonds. The van der Waals surface area contributed by atoms with Crippen molar-refractivity contribution in [2.24, 2.45) is 0 Å². The second-order valence-corrected chi connectivity index (χ2v) is 6.05. The lowest BCUT2D eigenvalue weighted by atomic mass is 9.84. The third-order valence-electron chi connectivity index (χ3n) is 4.64. The Hall–Kier alpha value is -2.40. The number of hydrogen-bond acceptors (Lipinski definition) is 4. The van der Waals surface area contributed by atoms with E-state index in [1.54, 1.807) is 12.1 Å². The Kier molecular flexibility index (Phi) is 2.90. The zero-order valence-electron chi connectivity index (χ0n) is 12.2. The van der Waals surface area contributed by atoms with Crippen LogP contribution in [-0.4, -0.2) is 30.0 Å². The van der Waals surface area contributed by atoms with Crippen molar-refractivity contribution in [1.82, 2.24) is 4.90 Å². The first kappa shape index (κ1) is 13.3. The summed E-state index contributed by atoms with van der Waals surface area (Å²) in [4.78, 5) is 13.0. The molecule has 2 aromatic carbocycles. The van der Waals surface area contributed by atoms with Crippen molar-refractivity contribution in [3.05, 3.63) is 63.7 Å². The Morgan fingerprint density at radius 2 is 1.77 bits per heavy atom. The third-order valence-corrected chi connectivity index (χ3v) is 4.64. The standard InChI is InChI=1S/C17H16N2O3/c1-18-9-14-12-4-2-3-5-16(12)22-17-7-6-11(19(20)21)8-13(17)15(14)10-18/h2-8,14-15H,9-10H2,1H3. The summed E-state index contributed by atoms with van der Waals surface area (Å²) < 4.78 is 6.07. The van der Waals surface area contributed by atoms with Crippen LogP contribution >= 0.6 is 0 Å². The van der Waals surface area contributed by atoms with Crippen LogP contribution in [-0.2, 0) is 0 Å². The summed E-state index contributed by atoms with van der Waals surface area (Å²) in [5, 5.41) is 11.1. The molecular formula is C17H16N2O3. The molecule has 2 aliphatic heterocycles. The normalized spacial score (nSPS) is 23.0. The summed E-state index contributed by atoms with van der Waals surface area (Å²) >= 11 is 0. The fraction of sp³-hybridized carbons (Fsp3) is 0.294. The summed E-state index contributed by atoms with van der Waals surface area (Å²) in [6.45, 7) is 1.82. The van der Waals surface area contributed by atoms with Gasteiger partial charge in [0.15, 0.2) is 0 Å². The van der Waals surface area contributed by atoms with Gasteiger partial charge in [0.1, 0.15) is 11.5 Å². The number of rotatable bonds is 1. The van der Waals surface area contributed by atoms with Gasteiger partial charge in [0.05, 0.1) is 4.92 Å². The lowest BCUT2D eigenvalue weighted by Gasteiger charge is -2.16. The molecule has 0 bridgehead atoms. The molecule has 0 aliphatic carbocycles. The molecule has 2 aliphatic rings. The Labute approximate surface area is 128 Å². The molecule has 2 unspecified atom stereocenters. The van der Waals surface area contributed by atoms with Crippen LogP contribution in [0, 0.1) is 10.1 Å².